The van der Waals surface area contributed by atoms with Crippen molar-refractivity contribution in [1.29, 1.82) is 0 Å². The van der Waals surface area contributed by atoms with Crippen molar-refractivity contribution in [2.45, 2.75) is 0 Å². The molecule has 0 radical (unpaired) electrons. The molecule has 0 spiro atoms. The third kappa shape index (κ3) is 3.30. The molecule has 0 amide bonds. The normalized spacial score (nSPS) is 11.8. The SMILES string of the molecule is COc1cc(-c2nnc3sc(=Cc4ccccc4Cl)c(=O)n23)cc(OC)c1OC. The van der Waals surface area contributed by atoms with Gasteiger partial charge in [0.15, 0.2) is 17.3 Å². The minimum absolute atomic E-state index is 0.223. The average molecular weight is 430 g/mol. The van der Waals surface area contributed by atoms with Gasteiger partial charge in [-0.25, -0.2) is 4.40 Å². The fourth-order valence-electron chi connectivity index (χ4n) is 2.99. The number of hydrogen-bond donors (Lipinski definition) is 0. The summed E-state index contributed by atoms with van der Waals surface area (Å²) in [5, 5.41) is 8.92. The van der Waals surface area contributed by atoms with Crippen LogP contribution in [0.25, 0.3) is 22.4 Å². The number of benzene rings is 2. The van der Waals surface area contributed by atoms with Crippen molar-refractivity contribution in [3.63, 3.8) is 0 Å². The fraction of sp³-hybridized carbons (Fsp3) is 0.150. The molecule has 0 bridgehead atoms. The van der Waals surface area contributed by atoms with Crippen LogP contribution in [-0.4, -0.2) is 35.9 Å². The Hall–Kier alpha value is -3.10. The van der Waals surface area contributed by atoms with E-state index in [0.29, 0.717) is 43.2 Å². The molecule has 0 saturated carbocycles. The lowest BCUT2D eigenvalue weighted by atomic mass is 10.1. The van der Waals surface area contributed by atoms with Crippen LogP contribution in [0.2, 0.25) is 5.02 Å². The van der Waals surface area contributed by atoms with Gasteiger partial charge < -0.3 is 14.2 Å². The van der Waals surface area contributed by atoms with Crippen molar-refractivity contribution in [2.75, 3.05) is 21.3 Å². The van der Waals surface area contributed by atoms with Crippen molar-refractivity contribution in [2.24, 2.45) is 0 Å². The Labute approximate surface area is 174 Å². The van der Waals surface area contributed by atoms with Crippen LogP contribution in [0.15, 0.2) is 41.2 Å². The highest BCUT2D eigenvalue weighted by Gasteiger charge is 2.19. The molecular weight excluding hydrogens is 414 g/mol. The molecular formula is C20H16ClN3O4S. The lowest BCUT2D eigenvalue weighted by molar-refractivity contribution is 0.324. The Balaban J connectivity index is 1.93. The fourth-order valence-corrected chi connectivity index (χ4v) is 4.09. The zero-order valence-electron chi connectivity index (χ0n) is 15.8. The van der Waals surface area contributed by atoms with Gasteiger partial charge >= 0.3 is 0 Å². The van der Waals surface area contributed by atoms with Gasteiger partial charge in [0.25, 0.3) is 5.56 Å². The highest BCUT2D eigenvalue weighted by molar-refractivity contribution is 7.15. The summed E-state index contributed by atoms with van der Waals surface area (Å²) in [6, 6.07) is 10.8. The van der Waals surface area contributed by atoms with Crippen LogP contribution in [0.4, 0.5) is 0 Å². The molecule has 2 heterocycles. The maximum absolute atomic E-state index is 13.1. The lowest BCUT2D eigenvalue weighted by Crippen LogP contribution is -2.23. The monoisotopic (exact) mass is 429 g/mol. The highest BCUT2D eigenvalue weighted by atomic mass is 35.5. The summed E-state index contributed by atoms with van der Waals surface area (Å²) < 4.78 is 18.1. The Kier molecular flexibility index (Phi) is 5.12. The van der Waals surface area contributed by atoms with E-state index in [2.05, 4.69) is 10.2 Å². The number of aromatic nitrogens is 3. The highest BCUT2D eigenvalue weighted by Crippen LogP contribution is 2.40. The van der Waals surface area contributed by atoms with Crippen LogP contribution in [0.1, 0.15) is 5.56 Å². The first-order chi connectivity index (χ1) is 14.1. The zero-order valence-corrected chi connectivity index (χ0v) is 17.4. The van der Waals surface area contributed by atoms with Crippen LogP contribution in [-0.2, 0) is 0 Å². The zero-order chi connectivity index (χ0) is 20.5. The van der Waals surface area contributed by atoms with Gasteiger partial charge in [-0.3, -0.25) is 4.79 Å². The molecule has 9 heteroatoms. The van der Waals surface area contributed by atoms with Crippen molar-refractivity contribution >= 4 is 34.0 Å². The van der Waals surface area contributed by atoms with E-state index < -0.39 is 0 Å². The number of ether oxygens (including phenoxy) is 3. The van der Waals surface area contributed by atoms with Crippen molar-refractivity contribution in [3.8, 4) is 28.6 Å². The molecule has 0 aliphatic heterocycles. The Morgan fingerprint density at radius 1 is 1.03 bits per heavy atom. The third-order valence-electron chi connectivity index (χ3n) is 4.36. The van der Waals surface area contributed by atoms with Gasteiger partial charge in [-0.15, -0.1) is 10.2 Å². The third-order valence-corrected chi connectivity index (χ3v) is 5.67. The second-order valence-corrected chi connectivity index (χ2v) is 7.41. The maximum atomic E-state index is 13.1. The molecule has 2 aromatic carbocycles. The van der Waals surface area contributed by atoms with Crippen molar-refractivity contribution in [1.82, 2.24) is 14.6 Å². The summed E-state index contributed by atoms with van der Waals surface area (Å²) in [6.45, 7) is 0. The largest absolute Gasteiger partial charge is 0.493 e. The van der Waals surface area contributed by atoms with Gasteiger partial charge in [0.2, 0.25) is 10.7 Å². The number of halogens is 1. The molecule has 0 aliphatic rings. The van der Waals surface area contributed by atoms with Gasteiger partial charge in [0.1, 0.15) is 0 Å². The predicted octanol–water partition coefficient (Wildman–Crippen LogP) is 3.04. The van der Waals surface area contributed by atoms with E-state index in [9.17, 15) is 4.79 Å². The second kappa shape index (κ2) is 7.73. The molecule has 7 nitrogen and oxygen atoms in total. The molecule has 0 unspecified atom stereocenters. The Morgan fingerprint density at radius 3 is 2.34 bits per heavy atom. The van der Waals surface area contributed by atoms with Crippen LogP contribution in [0.3, 0.4) is 0 Å². The molecule has 148 valence electrons. The van der Waals surface area contributed by atoms with E-state index in [1.807, 2.05) is 18.2 Å². The van der Waals surface area contributed by atoms with Crippen molar-refractivity contribution in [3.05, 3.63) is 61.9 Å². The smallest absolute Gasteiger partial charge is 0.276 e. The quantitative estimate of drug-likeness (QED) is 0.485. The van der Waals surface area contributed by atoms with E-state index in [1.54, 1.807) is 24.3 Å². The van der Waals surface area contributed by atoms with Gasteiger partial charge in [-0.2, -0.15) is 0 Å². The number of rotatable bonds is 5. The number of methoxy groups -OCH3 is 3. The van der Waals surface area contributed by atoms with E-state index in [1.165, 1.54) is 37.1 Å². The van der Waals surface area contributed by atoms with E-state index in [-0.39, 0.29) is 5.56 Å². The molecule has 0 N–H and O–H groups in total. The first-order valence-corrected chi connectivity index (χ1v) is 9.71. The van der Waals surface area contributed by atoms with Crippen LogP contribution in [0.5, 0.6) is 17.2 Å². The van der Waals surface area contributed by atoms with Crippen LogP contribution >= 0.6 is 22.9 Å². The summed E-state index contributed by atoms with van der Waals surface area (Å²) in [5.74, 6) is 1.77. The van der Waals surface area contributed by atoms with Crippen LogP contribution in [0, 0.1) is 0 Å². The summed E-state index contributed by atoms with van der Waals surface area (Å²) in [4.78, 5) is 13.5. The maximum Gasteiger partial charge on any atom is 0.276 e. The topological polar surface area (TPSA) is 75.0 Å². The van der Waals surface area contributed by atoms with E-state index in [0.717, 1.165) is 5.56 Å². The van der Waals surface area contributed by atoms with Gasteiger partial charge in [0.05, 0.1) is 25.9 Å². The second-order valence-electron chi connectivity index (χ2n) is 5.99. The van der Waals surface area contributed by atoms with E-state index >= 15 is 0 Å². The van der Waals surface area contributed by atoms with E-state index in [4.69, 9.17) is 25.8 Å². The number of nitrogens with zero attached hydrogens (tertiary/aromatic N) is 3. The summed E-state index contributed by atoms with van der Waals surface area (Å²) >= 11 is 7.46. The number of thiazole rings is 1. The van der Waals surface area contributed by atoms with Gasteiger partial charge in [0, 0.05) is 10.6 Å². The molecule has 2 aromatic heterocycles. The number of hydrogen-bond acceptors (Lipinski definition) is 7. The molecule has 4 aromatic rings. The summed E-state index contributed by atoms with van der Waals surface area (Å²) in [7, 11) is 4.59. The first-order valence-electron chi connectivity index (χ1n) is 8.52. The van der Waals surface area contributed by atoms with Gasteiger partial charge in [-0.1, -0.05) is 41.1 Å². The number of fused-ring (bicyclic) bond motifs is 1. The molecule has 29 heavy (non-hydrogen) atoms. The minimum Gasteiger partial charge on any atom is -0.493 e. The summed E-state index contributed by atoms with van der Waals surface area (Å²) in [5.41, 5.74) is 1.16. The van der Waals surface area contributed by atoms with Crippen LogP contribution < -0.4 is 24.3 Å². The molecule has 0 fully saturated rings. The van der Waals surface area contributed by atoms with Gasteiger partial charge in [-0.05, 0) is 29.8 Å². The lowest BCUT2D eigenvalue weighted by Gasteiger charge is -2.13. The average Bonchev–Trinajstić information content (AvgIpc) is 3.29. The Bertz CT molecular complexity index is 1290. The van der Waals surface area contributed by atoms with Crippen molar-refractivity contribution < 1.29 is 14.2 Å². The molecule has 0 atom stereocenters. The summed E-state index contributed by atoms with van der Waals surface area (Å²) in [6.07, 6.45) is 1.75. The molecule has 0 aliphatic carbocycles. The molecule has 4 rings (SSSR count). The Morgan fingerprint density at radius 2 is 1.72 bits per heavy atom. The first kappa shape index (κ1) is 19.2. The molecule has 0 saturated heterocycles. The standard InChI is InChI=1S/C20H16ClN3O4S/c1-26-14-8-12(9-15(27-2)17(14)28-3)18-22-23-20-24(18)19(25)16(29-20)10-11-6-4-5-7-13(11)21/h4-10H,1-3H3. The predicted molar refractivity (Wildman–Crippen MR) is 112 cm³/mol. The minimum atomic E-state index is -0.223.